The number of benzene rings is 2. The molecule has 0 atom stereocenters. The van der Waals surface area contributed by atoms with Gasteiger partial charge in [0.2, 0.25) is 0 Å². The predicted molar refractivity (Wildman–Crippen MR) is 84.9 cm³/mol. The highest BCUT2D eigenvalue weighted by Crippen LogP contribution is 2.25. The SMILES string of the molecule is C=CC(=O)NOc1ccc(-c2cccc(C(C)C)c2)cc1. The molecule has 0 bridgehead atoms. The summed E-state index contributed by atoms with van der Waals surface area (Å²) in [5.74, 6) is 0.708. The Morgan fingerprint density at radius 2 is 1.86 bits per heavy atom. The number of rotatable bonds is 5. The molecule has 2 aromatic rings. The van der Waals surface area contributed by atoms with Gasteiger partial charge < -0.3 is 4.84 Å². The van der Waals surface area contributed by atoms with Gasteiger partial charge in [0.15, 0.2) is 5.75 Å². The van der Waals surface area contributed by atoms with E-state index in [0.29, 0.717) is 11.7 Å². The van der Waals surface area contributed by atoms with Crippen molar-refractivity contribution in [1.82, 2.24) is 5.48 Å². The van der Waals surface area contributed by atoms with Crippen molar-refractivity contribution in [1.29, 1.82) is 0 Å². The normalized spacial score (nSPS) is 10.2. The van der Waals surface area contributed by atoms with E-state index in [1.165, 1.54) is 11.1 Å². The lowest BCUT2D eigenvalue weighted by molar-refractivity contribution is -0.122. The molecule has 3 heteroatoms. The topological polar surface area (TPSA) is 38.3 Å². The third-order valence-electron chi connectivity index (χ3n) is 3.20. The van der Waals surface area contributed by atoms with Crippen LogP contribution in [0.25, 0.3) is 11.1 Å². The molecule has 0 aliphatic rings. The number of amides is 1. The second-order valence-corrected chi connectivity index (χ2v) is 5.08. The molecule has 0 aromatic heterocycles. The van der Waals surface area contributed by atoms with Crippen molar-refractivity contribution in [3.63, 3.8) is 0 Å². The van der Waals surface area contributed by atoms with Crippen molar-refractivity contribution in [2.75, 3.05) is 0 Å². The summed E-state index contributed by atoms with van der Waals surface area (Å²) in [5, 5.41) is 0. The summed E-state index contributed by atoms with van der Waals surface area (Å²) in [6, 6.07) is 16.1. The maximum Gasteiger partial charge on any atom is 0.276 e. The Labute approximate surface area is 125 Å². The molecule has 21 heavy (non-hydrogen) atoms. The lowest BCUT2D eigenvalue weighted by Gasteiger charge is -2.09. The zero-order valence-electron chi connectivity index (χ0n) is 12.3. The van der Waals surface area contributed by atoms with Crippen LogP contribution in [0.5, 0.6) is 5.75 Å². The van der Waals surface area contributed by atoms with Gasteiger partial charge in [-0.2, -0.15) is 5.48 Å². The van der Waals surface area contributed by atoms with Crippen molar-refractivity contribution in [3.8, 4) is 16.9 Å². The van der Waals surface area contributed by atoms with Crippen molar-refractivity contribution >= 4 is 5.91 Å². The number of hydroxylamine groups is 1. The Morgan fingerprint density at radius 1 is 1.14 bits per heavy atom. The zero-order valence-corrected chi connectivity index (χ0v) is 12.3. The lowest BCUT2D eigenvalue weighted by atomic mass is 9.97. The second-order valence-electron chi connectivity index (χ2n) is 5.08. The van der Waals surface area contributed by atoms with E-state index >= 15 is 0 Å². The number of carbonyl (C=O) groups excluding carboxylic acids is 1. The fourth-order valence-corrected chi connectivity index (χ4v) is 1.94. The number of hydrogen-bond acceptors (Lipinski definition) is 2. The maximum atomic E-state index is 11.0. The van der Waals surface area contributed by atoms with E-state index in [1.807, 2.05) is 24.3 Å². The summed E-state index contributed by atoms with van der Waals surface area (Å²) in [4.78, 5) is 16.2. The van der Waals surface area contributed by atoms with Gasteiger partial charge in [-0.3, -0.25) is 4.79 Å². The molecule has 0 aliphatic heterocycles. The van der Waals surface area contributed by atoms with Gasteiger partial charge in [-0.05, 0) is 40.8 Å². The van der Waals surface area contributed by atoms with E-state index in [0.717, 1.165) is 11.6 Å². The highest BCUT2D eigenvalue weighted by molar-refractivity contribution is 5.86. The van der Waals surface area contributed by atoms with Gasteiger partial charge in [-0.1, -0.05) is 56.8 Å². The van der Waals surface area contributed by atoms with Gasteiger partial charge in [-0.25, -0.2) is 0 Å². The molecule has 1 N–H and O–H groups in total. The first kappa shape index (κ1) is 14.9. The molecule has 0 unspecified atom stereocenters. The van der Waals surface area contributed by atoms with Crippen LogP contribution in [0.2, 0.25) is 0 Å². The molecule has 0 spiro atoms. The third kappa shape index (κ3) is 3.96. The predicted octanol–water partition coefficient (Wildman–Crippen LogP) is 4.07. The second kappa shape index (κ2) is 6.75. The number of nitrogens with one attached hydrogen (secondary N) is 1. The Bertz CT molecular complexity index is 630. The minimum absolute atomic E-state index is 0.372. The fraction of sp³-hybridized carbons (Fsp3) is 0.167. The van der Waals surface area contributed by atoms with E-state index in [1.54, 1.807) is 0 Å². The highest BCUT2D eigenvalue weighted by Gasteiger charge is 2.03. The molecule has 0 radical (unpaired) electrons. The number of hydrogen-bond donors (Lipinski definition) is 1. The molecule has 2 aromatic carbocycles. The van der Waals surface area contributed by atoms with Crippen molar-refractivity contribution in [2.45, 2.75) is 19.8 Å². The van der Waals surface area contributed by atoms with Crippen LogP contribution < -0.4 is 10.3 Å². The van der Waals surface area contributed by atoms with Crippen LogP contribution in [0.4, 0.5) is 0 Å². The van der Waals surface area contributed by atoms with Crippen LogP contribution in [0.15, 0.2) is 61.2 Å². The maximum absolute atomic E-state index is 11.0. The van der Waals surface area contributed by atoms with Crippen molar-refractivity contribution in [2.24, 2.45) is 0 Å². The smallest absolute Gasteiger partial charge is 0.276 e. The monoisotopic (exact) mass is 281 g/mol. The quantitative estimate of drug-likeness (QED) is 0.662. The minimum atomic E-state index is -0.372. The summed E-state index contributed by atoms with van der Waals surface area (Å²) >= 11 is 0. The first-order chi connectivity index (χ1) is 10.1. The summed E-state index contributed by atoms with van der Waals surface area (Å²) in [5.41, 5.74) is 5.87. The molecule has 0 aliphatic carbocycles. The molecular weight excluding hydrogens is 262 g/mol. The summed E-state index contributed by atoms with van der Waals surface area (Å²) in [6.07, 6.45) is 1.16. The fourth-order valence-electron chi connectivity index (χ4n) is 1.94. The highest BCUT2D eigenvalue weighted by atomic mass is 16.7. The van der Waals surface area contributed by atoms with Gasteiger partial charge in [0, 0.05) is 0 Å². The molecule has 2 rings (SSSR count). The molecule has 0 fully saturated rings. The molecule has 1 amide bonds. The van der Waals surface area contributed by atoms with Crippen LogP contribution in [-0.2, 0) is 4.79 Å². The summed E-state index contributed by atoms with van der Waals surface area (Å²) in [6.45, 7) is 7.71. The summed E-state index contributed by atoms with van der Waals surface area (Å²) < 4.78 is 0. The average molecular weight is 281 g/mol. The first-order valence-electron chi connectivity index (χ1n) is 6.90. The van der Waals surface area contributed by atoms with E-state index in [9.17, 15) is 4.79 Å². The van der Waals surface area contributed by atoms with Crippen molar-refractivity contribution < 1.29 is 9.63 Å². The van der Waals surface area contributed by atoms with E-state index in [2.05, 4.69) is 50.2 Å². The minimum Gasteiger partial charge on any atom is -0.379 e. The first-order valence-corrected chi connectivity index (χ1v) is 6.90. The van der Waals surface area contributed by atoms with Crippen molar-refractivity contribution in [3.05, 3.63) is 66.7 Å². The number of carbonyl (C=O) groups is 1. The Hall–Kier alpha value is -2.55. The van der Waals surface area contributed by atoms with E-state index < -0.39 is 0 Å². The van der Waals surface area contributed by atoms with Crippen LogP contribution in [-0.4, -0.2) is 5.91 Å². The van der Waals surface area contributed by atoms with Gasteiger partial charge in [-0.15, -0.1) is 0 Å². The molecule has 0 saturated carbocycles. The Morgan fingerprint density at radius 3 is 2.48 bits per heavy atom. The molecule has 0 heterocycles. The largest absolute Gasteiger partial charge is 0.379 e. The Kier molecular flexibility index (Phi) is 4.77. The average Bonchev–Trinajstić information content (AvgIpc) is 2.53. The van der Waals surface area contributed by atoms with Gasteiger partial charge in [0.1, 0.15) is 0 Å². The van der Waals surface area contributed by atoms with Crippen LogP contribution in [0.3, 0.4) is 0 Å². The molecule has 3 nitrogen and oxygen atoms in total. The van der Waals surface area contributed by atoms with E-state index in [-0.39, 0.29) is 5.91 Å². The van der Waals surface area contributed by atoms with Gasteiger partial charge >= 0.3 is 0 Å². The lowest BCUT2D eigenvalue weighted by Crippen LogP contribution is -2.24. The molecular formula is C18H19NO2. The summed E-state index contributed by atoms with van der Waals surface area (Å²) in [7, 11) is 0. The zero-order chi connectivity index (χ0) is 15.2. The van der Waals surface area contributed by atoms with Crippen LogP contribution in [0.1, 0.15) is 25.3 Å². The van der Waals surface area contributed by atoms with Crippen LogP contribution in [0, 0.1) is 0 Å². The van der Waals surface area contributed by atoms with Gasteiger partial charge in [0.25, 0.3) is 5.91 Å². The molecule has 0 saturated heterocycles. The molecule has 108 valence electrons. The standard InChI is InChI=1S/C18H19NO2/c1-4-18(20)19-21-17-10-8-14(9-11-17)16-7-5-6-15(12-16)13(2)3/h4-13H,1H2,2-3H3,(H,19,20). The van der Waals surface area contributed by atoms with E-state index in [4.69, 9.17) is 4.84 Å². The van der Waals surface area contributed by atoms with Gasteiger partial charge in [0.05, 0.1) is 0 Å². The van der Waals surface area contributed by atoms with Crippen LogP contribution >= 0.6 is 0 Å². The third-order valence-corrected chi connectivity index (χ3v) is 3.20. The Balaban J connectivity index is 2.13.